The van der Waals surface area contributed by atoms with Gasteiger partial charge in [-0.25, -0.2) is 0 Å². The summed E-state index contributed by atoms with van der Waals surface area (Å²) >= 11 is 6.42. The Morgan fingerprint density at radius 3 is 2.95 bits per heavy atom. The van der Waals surface area contributed by atoms with Crippen molar-refractivity contribution in [3.63, 3.8) is 0 Å². The smallest absolute Gasteiger partial charge is 0.0642 e. The molecule has 1 aromatic rings. The van der Waals surface area contributed by atoms with Gasteiger partial charge in [0, 0.05) is 19.6 Å². The monoisotopic (exact) mass is 281 g/mol. The van der Waals surface area contributed by atoms with Gasteiger partial charge in [0.05, 0.1) is 10.7 Å². The fraction of sp³-hybridized carbons (Fsp3) is 0.600. The Hall–Kier alpha value is -0.770. The maximum absolute atomic E-state index is 6.42. The lowest BCUT2D eigenvalue weighted by Crippen LogP contribution is -2.45. The molecule has 1 atom stereocenters. The van der Waals surface area contributed by atoms with E-state index < -0.39 is 0 Å². The fourth-order valence-corrected chi connectivity index (χ4v) is 3.28. The van der Waals surface area contributed by atoms with Crippen LogP contribution in [-0.4, -0.2) is 44.7 Å². The molecule has 0 amide bonds. The Morgan fingerprint density at radius 1 is 1.47 bits per heavy atom. The lowest BCUT2D eigenvalue weighted by Gasteiger charge is -2.38. The first-order chi connectivity index (χ1) is 9.13. The van der Waals surface area contributed by atoms with E-state index in [4.69, 9.17) is 17.3 Å². The lowest BCUT2D eigenvalue weighted by molar-refractivity contribution is 0.248. The molecular weight excluding hydrogens is 258 g/mol. The zero-order chi connectivity index (χ0) is 13.8. The third-order valence-corrected chi connectivity index (χ3v) is 4.29. The van der Waals surface area contributed by atoms with Gasteiger partial charge in [0.15, 0.2) is 0 Å². The van der Waals surface area contributed by atoms with Gasteiger partial charge >= 0.3 is 0 Å². The van der Waals surface area contributed by atoms with Crippen LogP contribution in [0, 0.1) is 0 Å². The van der Waals surface area contributed by atoms with E-state index in [1.165, 1.54) is 24.9 Å². The molecule has 0 aromatic heterocycles. The van der Waals surface area contributed by atoms with Crippen LogP contribution in [-0.2, 0) is 6.42 Å². The maximum atomic E-state index is 6.42. The molecule has 1 fully saturated rings. The molecule has 2 rings (SSSR count). The van der Waals surface area contributed by atoms with Gasteiger partial charge in [0.25, 0.3) is 0 Å². The average molecular weight is 282 g/mol. The lowest BCUT2D eigenvalue weighted by atomic mass is 10.0. The summed E-state index contributed by atoms with van der Waals surface area (Å²) in [5.41, 5.74) is 8.13. The van der Waals surface area contributed by atoms with Gasteiger partial charge in [0.2, 0.25) is 0 Å². The van der Waals surface area contributed by atoms with Gasteiger partial charge in [0.1, 0.15) is 0 Å². The summed E-state index contributed by atoms with van der Waals surface area (Å²) in [4.78, 5) is 4.74. The minimum atomic E-state index is 0.537. The van der Waals surface area contributed by atoms with Crippen LogP contribution in [0.2, 0.25) is 5.02 Å². The van der Waals surface area contributed by atoms with Gasteiger partial charge in [-0.3, -0.25) is 0 Å². The number of anilines is 1. The number of nitrogens with zero attached hydrogens (tertiary/aromatic N) is 2. The molecule has 3 nitrogen and oxygen atoms in total. The average Bonchev–Trinajstić information content (AvgIpc) is 2.39. The Labute approximate surface area is 121 Å². The molecule has 4 heteroatoms. The molecule has 106 valence electrons. The van der Waals surface area contributed by atoms with Crippen molar-refractivity contribution < 1.29 is 0 Å². The summed E-state index contributed by atoms with van der Waals surface area (Å²) in [6.45, 7) is 2.96. The number of likely N-dealkylation sites (tertiary alicyclic amines) is 1. The second-order valence-corrected chi connectivity index (χ2v) is 5.86. The van der Waals surface area contributed by atoms with Crippen molar-refractivity contribution >= 4 is 17.3 Å². The quantitative estimate of drug-likeness (QED) is 0.920. The highest BCUT2D eigenvalue weighted by Gasteiger charge is 2.23. The number of nitrogens with two attached hydrogens (primary N) is 1. The molecule has 0 radical (unpaired) electrons. The molecule has 1 aliphatic heterocycles. The van der Waals surface area contributed by atoms with Gasteiger partial charge in [-0.05, 0) is 51.0 Å². The number of halogens is 1. The molecule has 1 unspecified atom stereocenters. The number of piperidine rings is 1. The van der Waals surface area contributed by atoms with Crippen LogP contribution in [0.25, 0.3) is 0 Å². The summed E-state index contributed by atoms with van der Waals surface area (Å²) in [6, 6.07) is 6.66. The van der Waals surface area contributed by atoms with E-state index in [9.17, 15) is 0 Å². The Balaban J connectivity index is 2.24. The number of likely N-dealkylation sites (N-methyl/N-ethyl adjacent to an activating group) is 2. The van der Waals surface area contributed by atoms with E-state index in [-0.39, 0.29) is 0 Å². The molecule has 1 heterocycles. The Bertz CT molecular complexity index is 422. The molecular formula is C15H24ClN3. The SMILES string of the molecule is CN1CCCC(N(C)c2c(Cl)cccc2CCN)C1. The van der Waals surface area contributed by atoms with Crippen molar-refractivity contribution in [2.45, 2.75) is 25.3 Å². The summed E-state index contributed by atoms with van der Waals surface area (Å²) in [7, 11) is 4.35. The molecule has 1 aliphatic rings. The van der Waals surface area contributed by atoms with Crippen LogP contribution < -0.4 is 10.6 Å². The molecule has 0 saturated carbocycles. The zero-order valence-corrected chi connectivity index (χ0v) is 12.7. The number of benzene rings is 1. The van der Waals surface area contributed by atoms with Crippen LogP contribution in [0.3, 0.4) is 0 Å². The van der Waals surface area contributed by atoms with Gasteiger partial charge in [-0.15, -0.1) is 0 Å². The summed E-state index contributed by atoms with van der Waals surface area (Å²) in [5.74, 6) is 0. The first-order valence-electron chi connectivity index (χ1n) is 7.02. The van der Waals surface area contributed by atoms with Gasteiger partial charge in [-0.1, -0.05) is 23.7 Å². The molecule has 0 aliphatic carbocycles. The second-order valence-electron chi connectivity index (χ2n) is 5.46. The van der Waals surface area contributed by atoms with Crippen LogP contribution >= 0.6 is 11.6 Å². The minimum Gasteiger partial charge on any atom is -0.369 e. The van der Waals surface area contributed by atoms with E-state index in [2.05, 4.69) is 30.0 Å². The van der Waals surface area contributed by atoms with Crippen LogP contribution in [0.4, 0.5) is 5.69 Å². The summed E-state index contributed by atoms with van der Waals surface area (Å²) < 4.78 is 0. The van der Waals surface area contributed by atoms with E-state index in [1.54, 1.807) is 0 Å². The van der Waals surface area contributed by atoms with Crippen molar-refractivity contribution in [3.05, 3.63) is 28.8 Å². The van der Waals surface area contributed by atoms with Gasteiger partial charge in [-0.2, -0.15) is 0 Å². The maximum Gasteiger partial charge on any atom is 0.0642 e. The Kier molecular flexibility index (Phi) is 5.08. The van der Waals surface area contributed by atoms with Gasteiger partial charge < -0.3 is 15.5 Å². The van der Waals surface area contributed by atoms with Crippen molar-refractivity contribution in [1.82, 2.24) is 4.90 Å². The highest BCUT2D eigenvalue weighted by molar-refractivity contribution is 6.33. The molecule has 1 saturated heterocycles. The normalized spacial score (nSPS) is 20.5. The first kappa shape index (κ1) is 14.6. The first-order valence-corrected chi connectivity index (χ1v) is 7.40. The van der Waals surface area contributed by atoms with E-state index in [1.807, 2.05) is 12.1 Å². The van der Waals surface area contributed by atoms with Crippen LogP contribution in [0.5, 0.6) is 0 Å². The largest absolute Gasteiger partial charge is 0.369 e. The second kappa shape index (κ2) is 6.60. The van der Waals surface area contributed by atoms with Crippen molar-refractivity contribution in [1.29, 1.82) is 0 Å². The predicted octanol–water partition coefficient (Wildman–Crippen LogP) is 2.37. The molecule has 0 bridgehead atoms. The highest BCUT2D eigenvalue weighted by atomic mass is 35.5. The third-order valence-electron chi connectivity index (χ3n) is 3.98. The number of hydrogen-bond acceptors (Lipinski definition) is 3. The summed E-state index contributed by atoms with van der Waals surface area (Å²) in [5, 5.41) is 0.835. The fourth-order valence-electron chi connectivity index (χ4n) is 2.95. The molecule has 19 heavy (non-hydrogen) atoms. The van der Waals surface area contributed by atoms with E-state index >= 15 is 0 Å². The van der Waals surface area contributed by atoms with Crippen LogP contribution in [0.1, 0.15) is 18.4 Å². The topological polar surface area (TPSA) is 32.5 Å². The number of para-hydroxylation sites is 1. The molecule has 0 spiro atoms. The summed E-state index contributed by atoms with van der Waals surface area (Å²) in [6.07, 6.45) is 3.36. The number of rotatable bonds is 4. The van der Waals surface area contributed by atoms with E-state index in [0.29, 0.717) is 12.6 Å². The standard InChI is InChI=1S/C15H24ClN3/c1-18-10-4-6-13(11-18)19(2)15-12(8-9-17)5-3-7-14(15)16/h3,5,7,13H,4,6,8-11,17H2,1-2H3. The highest BCUT2D eigenvalue weighted by Crippen LogP contribution is 2.32. The molecule has 1 aromatic carbocycles. The molecule has 2 N–H and O–H groups in total. The third kappa shape index (κ3) is 3.41. The number of hydrogen-bond donors (Lipinski definition) is 1. The Morgan fingerprint density at radius 2 is 2.26 bits per heavy atom. The minimum absolute atomic E-state index is 0.537. The predicted molar refractivity (Wildman–Crippen MR) is 83.1 cm³/mol. The van der Waals surface area contributed by atoms with Crippen molar-refractivity contribution in [2.75, 3.05) is 38.6 Å². The van der Waals surface area contributed by atoms with Crippen molar-refractivity contribution in [3.8, 4) is 0 Å². The van der Waals surface area contributed by atoms with Crippen LogP contribution in [0.15, 0.2) is 18.2 Å². The zero-order valence-electron chi connectivity index (χ0n) is 11.9. The van der Waals surface area contributed by atoms with Crippen molar-refractivity contribution in [2.24, 2.45) is 5.73 Å². The van der Waals surface area contributed by atoms with E-state index in [0.717, 1.165) is 23.7 Å².